The average Bonchev–Trinajstić information content (AvgIpc) is 2.63. The highest BCUT2D eigenvalue weighted by Gasteiger charge is 2.18. The van der Waals surface area contributed by atoms with Gasteiger partial charge >= 0.3 is 6.03 Å². The molecular weight excluding hydrogens is 250 g/mol. The molecule has 0 radical (unpaired) electrons. The van der Waals surface area contributed by atoms with Crippen LogP contribution < -0.4 is 11.1 Å². The Morgan fingerprint density at radius 3 is 2.50 bits per heavy atom. The van der Waals surface area contributed by atoms with Gasteiger partial charge in [0.05, 0.1) is 5.56 Å². The van der Waals surface area contributed by atoms with E-state index in [1.54, 1.807) is 16.3 Å². The maximum Gasteiger partial charge on any atom is 0.322 e. The Morgan fingerprint density at radius 1 is 1.22 bits per heavy atom. The molecule has 6 heteroatoms. The maximum absolute atomic E-state index is 12.1. The van der Waals surface area contributed by atoms with Gasteiger partial charge in [0, 0.05) is 13.1 Å². The van der Waals surface area contributed by atoms with Crippen molar-refractivity contribution in [2.45, 2.75) is 25.7 Å². The largest absolute Gasteiger partial charge is 0.366 e. The number of hydrogen-bond donors (Lipinski definition) is 2. The summed E-state index contributed by atoms with van der Waals surface area (Å²) in [7, 11) is 0. The lowest BCUT2D eigenvalue weighted by Gasteiger charge is -2.20. The fraction of sp³-hybridized carbons (Fsp3) is 0.500. The second-order valence-corrected chi connectivity index (χ2v) is 5.28. The zero-order valence-electron chi connectivity index (χ0n) is 10.1. The van der Waals surface area contributed by atoms with Crippen molar-refractivity contribution >= 4 is 28.3 Å². The molecule has 0 spiro atoms. The molecule has 0 saturated carbocycles. The van der Waals surface area contributed by atoms with Crippen molar-refractivity contribution in [1.82, 2.24) is 4.90 Å². The quantitative estimate of drug-likeness (QED) is 0.862. The first kappa shape index (κ1) is 12.9. The molecule has 0 bridgehead atoms. The Morgan fingerprint density at radius 2 is 1.89 bits per heavy atom. The lowest BCUT2D eigenvalue weighted by Crippen LogP contribution is -2.35. The summed E-state index contributed by atoms with van der Waals surface area (Å²) in [5.41, 5.74) is 5.62. The van der Waals surface area contributed by atoms with E-state index in [9.17, 15) is 9.59 Å². The number of nitrogens with one attached hydrogen (secondary N) is 1. The molecule has 3 N–H and O–H groups in total. The molecule has 0 unspecified atom stereocenters. The van der Waals surface area contributed by atoms with Gasteiger partial charge < -0.3 is 10.6 Å². The number of anilines is 1. The highest BCUT2D eigenvalue weighted by molar-refractivity contribution is 7.14. The number of amides is 3. The van der Waals surface area contributed by atoms with Crippen LogP contribution in [0.1, 0.15) is 36.0 Å². The molecule has 1 aromatic heterocycles. The Kier molecular flexibility index (Phi) is 4.19. The van der Waals surface area contributed by atoms with Crippen molar-refractivity contribution < 1.29 is 9.59 Å². The van der Waals surface area contributed by atoms with Crippen molar-refractivity contribution in [3.8, 4) is 0 Å². The molecule has 1 aliphatic heterocycles. The van der Waals surface area contributed by atoms with Gasteiger partial charge in [-0.15, -0.1) is 11.3 Å². The van der Waals surface area contributed by atoms with Crippen molar-refractivity contribution in [3.63, 3.8) is 0 Å². The summed E-state index contributed by atoms with van der Waals surface area (Å²) < 4.78 is 0. The average molecular weight is 267 g/mol. The SMILES string of the molecule is NC(=O)c1ccsc1NC(=O)N1CCCCCC1. The molecule has 2 rings (SSSR count). The topological polar surface area (TPSA) is 75.4 Å². The van der Waals surface area contributed by atoms with E-state index in [-0.39, 0.29) is 6.03 Å². The van der Waals surface area contributed by atoms with E-state index in [4.69, 9.17) is 5.73 Å². The molecule has 98 valence electrons. The van der Waals surface area contributed by atoms with Crippen LogP contribution in [0.25, 0.3) is 0 Å². The van der Waals surface area contributed by atoms with Gasteiger partial charge in [0.25, 0.3) is 5.91 Å². The molecule has 3 amide bonds. The number of urea groups is 1. The van der Waals surface area contributed by atoms with E-state index in [1.807, 2.05) is 0 Å². The first-order valence-corrected chi connectivity index (χ1v) is 6.99. The predicted octanol–water partition coefficient (Wildman–Crippen LogP) is 2.25. The van der Waals surface area contributed by atoms with Gasteiger partial charge in [-0.1, -0.05) is 12.8 Å². The Hall–Kier alpha value is -1.56. The van der Waals surface area contributed by atoms with Crippen molar-refractivity contribution in [2.24, 2.45) is 5.73 Å². The van der Waals surface area contributed by atoms with E-state index < -0.39 is 5.91 Å². The van der Waals surface area contributed by atoms with Crippen LogP contribution in [0.15, 0.2) is 11.4 Å². The van der Waals surface area contributed by atoms with Crippen LogP contribution in [0.5, 0.6) is 0 Å². The molecule has 0 aliphatic carbocycles. The zero-order chi connectivity index (χ0) is 13.0. The summed E-state index contributed by atoms with van der Waals surface area (Å²) >= 11 is 1.32. The smallest absolute Gasteiger partial charge is 0.322 e. The summed E-state index contributed by atoms with van der Waals surface area (Å²) in [6.45, 7) is 1.56. The van der Waals surface area contributed by atoms with Gasteiger partial charge in [0.1, 0.15) is 5.00 Å². The normalized spacial score (nSPS) is 16.1. The summed E-state index contributed by atoms with van der Waals surface area (Å²) in [5, 5.41) is 5.06. The second kappa shape index (κ2) is 5.86. The monoisotopic (exact) mass is 267 g/mol. The number of carbonyl (C=O) groups is 2. The number of likely N-dealkylation sites (tertiary alicyclic amines) is 1. The summed E-state index contributed by atoms with van der Waals surface area (Å²) in [4.78, 5) is 25.0. The number of rotatable bonds is 2. The fourth-order valence-electron chi connectivity index (χ4n) is 2.05. The van der Waals surface area contributed by atoms with Crippen molar-refractivity contribution in [3.05, 3.63) is 17.0 Å². The van der Waals surface area contributed by atoms with Crippen LogP contribution in [-0.4, -0.2) is 29.9 Å². The second-order valence-electron chi connectivity index (χ2n) is 4.36. The predicted molar refractivity (Wildman–Crippen MR) is 71.9 cm³/mol. The van der Waals surface area contributed by atoms with E-state index in [2.05, 4.69) is 5.32 Å². The van der Waals surface area contributed by atoms with Crippen molar-refractivity contribution in [1.29, 1.82) is 0 Å². The minimum absolute atomic E-state index is 0.137. The molecule has 1 aromatic rings. The number of primary amides is 1. The number of carbonyl (C=O) groups excluding carboxylic acids is 2. The van der Waals surface area contributed by atoms with Gasteiger partial charge in [-0.3, -0.25) is 10.1 Å². The van der Waals surface area contributed by atoms with E-state index in [0.29, 0.717) is 10.6 Å². The number of thiophene rings is 1. The Labute approximate surface area is 110 Å². The molecule has 18 heavy (non-hydrogen) atoms. The summed E-state index contributed by atoms with van der Waals surface area (Å²) in [5.74, 6) is -0.512. The molecule has 0 aromatic carbocycles. The first-order valence-electron chi connectivity index (χ1n) is 6.11. The Bertz CT molecular complexity index is 436. The standard InChI is InChI=1S/C12H17N3O2S/c13-10(16)9-5-8-18-11(9)14-12(17)15-6-3-1-2-4-7-15/h5,8H,1-4,6-7H2,(H2,13,16)(H,14,17). The van der Waals surface area contributed by atoms with E-state index in [0.717, 1.165) is 25.9 Å². The molecule has 1 fully saturated rings. The number of nitrogens with zero attached hydrogens (tertiary/aromatic N) is 1. The number of hydrogen-bond acceptors (Lipinski definition) is 3. The molecule has 5 nitrogen and oxygen atoms in total. The van der Waals surface area contributed by atoms with Gasteiger partial charge in [0.15, 0.2) is 0 Å². The fourth-order valence-corrected chi connectivity index (χ4v) is 2.83. The van der Waals surface area contributed by atoms with Gasteiger partial charge in [0.2, 0.25) is 0 Å². The molecule has 1 saturated heterocycles. The lowest BCUT2D eigenvalue weighted by atomic mass is 10.2. The minimum Gasteiger partial charge on any atom is -0.366 e. The third-order valence-corrected chi connectivity index (χ3v) is 3.87. The molecule has 2 heterocycles. The zero-order valence-corrected chi connectivity index (χ0v) is 11.0. The molecular formula is C12H17N3O2S. The highest BCUT2D eigenvalue weighted by Crippen LogP contribution is 2.23. The first-order chi connectivity index (χ1) is 8.68. The van der Waals surface area contributed by atoms with Crippen LogP contribution in [0, 0.1) is 0 Å². The van der Waals surface area contributed by atoms with Gasteiger partial charge in [-0.2, -0.15) is 0 Å². The summed E-state index contributed by atoms with van der Waals surface area (Å²) in [6, 6.07) is 1.49. The maximum atomic E-state index is 12.1. The van der Waals surface area contributed by atoms with Crippen molar-refractivity contribution in [2.75, 3.05) is 18.4 Å². The van der Waals surface area contributed by atoms with Gasteiger partial charge in [-0.25, -0.2) is 4.79 Å². The van der Waals surface area contributed by atoms with Crippen LogP contribution >= 0.6 is 11.3 Å². The van der Waals surface area contributed by atoms with Crippen LogP contribution in [0.4, 0.5) is 9.80 Å². The summed E-state index contributed by atoms with van der Waals surface area (Å²) in [6.07, 6.45) is 4.44. The third-order valence-electron chi connectivity index (χ3n) is 3.04. The number of nitrogens with two attached hydrogens (primary N) is 1. The van der Waals surface area contributed by atoms with Gasteiger partial charge in [-0.05, 0) is 24.3 Å². The lowest BCUT2D eigenvalue weighted by molar-refractivity contribution is 0.100. The van der Waals surface area contributed by atoms with E-state index in [1.165, 1.54) is 24.2 Å². The molecule has 0 atom stereocenters. The van der Waals surface area contributed by atoms with Crippen LogP contribution in [-0.2, 0) is 0 Å². The highest BCUT2D eigenvalue weighted by atomic mass is 32.1. The van der Waals surface area contributed by atoms with Crippen LogP contribution in [0.2, 0.25) is 0 Å². The van der Waals surface area contributed by atoms with Crippen LogP contribution in [0.3, 0.4) is 0 Å². The van der Waals surface area contributed by atoms with E-state index >= 15 is 0 Å². The third kappa shape index (κ3) is 3.01. The Balaban J connectivity index is 2.01. The molecule has 1 aliphatic rings. The minimum atomic E-state index is -0.512.